The summed E-state index contributed by atoms with van der Waals surface area (Å²) in [7, 11) is 17.9. The first-order valence-corrected chi connectivity index (χ1v) is 42.4. The first kappa shape index (κ1) is 39.7. The van der Waals surface area contributed by atoms with Crippen molar-refractivity contribution in [2.45, 2.75) is 113 Å². The van der Waals surface area contributed by atoms with Gasteiger partial charge < -0.3 is 0 Å². The molecule has 0 radical (unpaired) electrons. The van der Waals surface area contributed by atoms with E-state index in [0.29, 0.717) is 23.7 Å². The van der Waals surface area contributed by atoms with Crippen LogP contribution in [-0.4, -0.2) is 5.98 Å². The van der Waals surface area contributed by atoms with Crippen molar-refractivity contribution < 1.29 is 15.3 Å². The Bertz CT molecular complexity index is 1870. The van der Waals surface area contributed by atoms with Crippen LogP contribution in [0.1, 0.15) is 134 Å². The van der Waals surface area contributed by atoms with E-state index in [1.54, 1.807) is 0 Å². The van der Waals surface area contributed by atoms with Crippen LogP contribution in [-0.2, 0) is 15.3 Å². The van der Waals surface area contributed by atoms with Crippen molar-refractivity contribution in [2.24, 2.45) is 11.8 Å². The summed E-state index contributed by atoms with van der Waals surface area (Å²) in [6.45, 7) is 23.8. The maximum absolute atomic E-state index is 8.96. The van der Waals surface area contributed by atoms with Gasteiger partial charge >= 0.3 is 327 Å². The first-order valence-electron chi connectivity index (χ1n) is 20.3. The molecule has 6 rings (SSSR count). The van der Waals surface area contributed by atoms with Crippen LogP contribution in [0, 0.1) is 11.8 Å². The Morgan fingerprint density at radius 1 is 0.500 bits per heavy atom. The minimum absolute atomic E-state index is 0.0899. The van der Waals surface area contributed by atoms with E-state index in [0.717, 1.165) is 25.7 Å². The molecule has 0 spiro atoms. The van der Waals surface area contributed by atoms with Crippen molar-refractivity contribution in [3.05, 3.63) is 129 Å². The number of hydrogen-bond donors (Lipinski definition) is 0. The normalized spacial score (nSPS) is 20.0. The Kier molecular flexibility index (Phi) is 11.9. The molecular formula is C48H61Cl2HfSi. The summed E-state index contributed by atoms with van der Waals surface area (Å²) in [4.78, 5) is 0. The molecule has 0 nitrogen and oxygen atoms in total. The van der Waals surface area contributed by atoms with Crippen molar-refractivity contribution in [3.8, 4) is 22.3 Å². The third-order valence-electron chi connectivity index (χ3n) is 13.5. The number of hydrogen-bond acceptors (Lipinski definition) is 0. The van der Waals surface area contributed by atoms with Crippen molar-refractivity contribution in [1.82, 2.24) is 0 Å². The zero-order valence-electron chi connectivity index (χ0n) is 33.4. The summed E-state index contributed by atoms with van der Waals surface area (Å²) < 4.78 is 0.180. The molecule has 6 unspecified atom stereocenters. The SMILES string of the molecule is CCC(C)C1=Cc2c(-c3ccccc3C(C)CC)cccc2[CH]1[Hf]([Cl])([Cl])([CH]1C(C(C)CC)=Cc2c(-c3ccccc3C(C)CC)cccc21)[SiH](C)C. The molecule has 0 N–H and O–H groups in total. The van der Waals surface area contributed by atoms with Gasteiger partial charge in [0.25, 0.3) is 0 Å². The zero-order valence-corrected chi connectivity index (χ0v) is 39.6. The van der Waals surface area contributed by atoms with Crippen LogP contribution < -0.4 is 0 Å². The first-order chi connectivity index (χ1) is 24.8. The molecule has 2 aliphatic rings. The van der Waals surface area contributed by atoms with Crippen LogP contribution in [0.2, 0.25) is 13.1 Å². The second-order valence-electron chi connectivity index (χ2n) is 16.6. The summed E-state index contributed by atoms with van der Waals surface area (Å²) in [5.74, 6) is 0.0489. The van der Waals surface area contributed by atoms with E-state index in [2.05, 4.69) is 166 Å². The molecule has 0 bridgehead atoms. The van der Waals surface area contributed by atoms with Gasteiger partial charge in [0.15, 0.2) is 0 Å². The minimum atomic E-state index is -5.15. The van der Waals surface area contributed by atoms with Crippen LogP contribution in [0.15, 0.2) is 96.1 Å². The predicted octanol–water partition coefficient (Wildman–Crippen LogP) is 15.7. The van der Waals surface area contributed by atoms with Crippen molar-refractivity contribution in [3.63, 3.8) is 0 Å². The van der Waals surface area contributed by atoms with Crippen molar-refractivity contribution in [2.75, 3.05) is 0 Å². The van der Waals surface area contributed by atoms with E-state index in [9.17, 15) is 0 Å². The third-order valence-corrected chi connectivity index (χ3v) is 86.1. The standard InChI is InChI=1S/2C23H27.C2H7Si.2ClH.Hf/c2*1-5-16(3)19-14-18-10-9-13-22(23(18)15-19)21-12-8-7-11-20(21)17(4)6-2;1-3-2;;;/h2*7-17H,5-6H2,1-4H3;3H,1-2H3;2*1H;/q;;;;;+2/p-2. The second-order valence-corrected chi connectivity index (χ2v) is 75.8. The molecule has 4 aromatic rings. The summed E-state index contributed by atoms with van der Waals surface area (Å²) in [6.07, 6.45) is 9.50. The Morgan fingerprint density at radius 2 is 0.846 bits per heavy atom. The Balaban J connectivity index is 1.64. The molecule has 2 aliphatic carbocycles. The van der Waals surface area contributed by atoms with Gasteiger partial charge in [-0.05, 0) is 0 Å². The molecule has 0 heterocycles. The molecule has 0 saturated heterocycles. The van der Waals surface area contributed by atoms with Gasteiger partial charge in [-0.1, -0.05) is 0 Å². The molecule has 0 aromatic heterocycles. The Morgan fingerprint density at radius 3 is 1.19 bits per heavy atom. The van der Waals surface area contributed by atoms with Gasteiger partial charge in [0.2, 0.25) is 0 Å². The van der Waals surface area contributed by atoms with Gasteiger partial charge in [-0.2, -0.15) is 0 Å². The summed E-state index contributed by atoms with van der Waals surface area (Å²) in [5.41, 5.74) is 16.7. The van der Waals surface area contributed by atoms with Crippen molar-refractivity contribution >= 4 is 35.3 Å². The number of rotatable bonds is 13. The molecular weight excluding hydrogens is 854 g/mol. The summed E-state index contributed by atoms with van der Waals surface area (Å²) in [6, 6.07) is 32.3. The van der Waals surface area contributed by atoms with E-state index < -0.39 is 21.3 Å². The number of fused-ring (bicyclic) bond motifs is 2. The fourth-order valence-corrected chi connectivity index (χ4v) is 53.8. The molecule has 0 amide bonds. The van der Waals surface area contributed by atoms with Gasteiger partial charge in [-0.25, -0.2) is 0 Å². The van der Waals surface area contributed by atoms with Crippen LogP contribution in [0.5, 0.6) is 0 Å². The fraction of sp³-hybridized carbons (Fsp3) is 0.417. The summed E-state index contributed by atoms with van der Waals surface area (Å²) in [5, 5.41) is 0. The predicted molar refractivity (Wildman–Crippen MR) is 232 cm³/mol. The average molecular weight is 915 g/mol. The molecule has 6 atom stereocenters. The molecule has 0 saturated carbocycles. The Hall–Kier alpha value is -1.97. The quantitative estimate of drug-likeness (QED) is 0.117. The van der Waals surface area contributed by atoms with Gasteiger partial charge in [-0.15, -0.1) is 0 Å². The van der Waals surface area contributed by atoms with Gasteiger partial charge in [-0.3, -0.25) is 0 Å². The molecule has 0 aliphatic heterocycles. The number of allylic oxidation sites excluding steroid dienone is 2. The third kappa shape index (κ3) is 6.48. The van der Waals surface area contributed by atoms with Gasteiger partial charge in [0.1, 0.15) is 0 Å². The topological polar surface area (TPSA) is 0 Å². The number of halogens is 2. The maximum atomic E-state index is 8.96. The van der Waals surface area contributed by atoms with Crippen molar-refractivity contribution in [1.29, 1.82) is 0 Å². The molecule has 275 valence electrons. The van der Waals surface area contributed by atoms with E-state index >= 15 is 0 Å². The summed E-state index contributed by atoms with van der Waals surface area (Å²) >= 11 is -5.15. The van der Waals surface area contributed by atoms with E-state index in [1.165, 1.54) is 66.8 Å². The monoisotopic (exact) mass is 915 g/mol. The van der Waals surface area contributed by atoms with Crippen LogP contribution in [0.3, 0.4) is 0 Å². The van der Waals surface area contributed by atoms with E-state index in [4.69, 9.17) is 17.2 Å². The molecule has 4 heteroatoms. The molecule has 4 aromatic carbocycles. The van der Waals surface area contributed by atoms with E-state index in [1.807, 2.05) is 0 Å². The van der Waals surface area contributed by atoms with E-state index in [-0.39, 0.29) is 7.35 Å². The second kappa shape index (κ2) is 15.6. The fourth-order valence-electron chi connectivity index (χ4n) is 9.49. The van der Waals surface area contributed by atoms with Crippen LogP contribution in [0.25, 0.3) is 34.4 Å². The molecule has 52 heavy (non-hydrogen) atoms. The average Bonchev–Trinajstić information content (AvgIpc) is 3.78. The zero-order chi connectivity index (χ0) is 37.6. The number of benzene rings is 4. The van der Waals surface area contributed by atoms with Crippen LogP contribution in [0.4, 0.5) is 0 Å². The van der Waals surface area contributed by atoms with Crippen LogP contribution >= 0.6 is 17.2 Å². The van der Waals surface area contributed by atoms with Gasteiger partial charge in [0.05, 0.1) is 0 Å². The Labute approximate surface area is 325 Å². The van der Waals surface area contributed by atoms with Gasteiger partial charge in [0, 0.05) is 0 Å². The molecule has 0 fully saturated rings.